The Labute approximate surface area is 163 Å². The quantitative estimate of drug-likeness (QED) is 0.537. The topological polar surface area (TPSA) is 74.6 Å². The van der Waals surface area contributed by atoms with Crippen LogP contribution in [0.25, 0.3) is 10.9 Å². The van der Waals surface area contributed by atoms with Crippen LogP contribution in [0.4, 0.5) is 23.2 Å². The number of aromatic nitrogens is 1. The van der Waals surface area contributed by atoms with Crippen molar-refractivity contribution in [2.75, 3.05) is 37.8 Å². The predicted molar refractivity (Wildman–Crippen MR) is 99.9 cm³/mol. The summed E-state index contributed by atoms with van der Waals surface area (Å²) in [5.41, 5.74) is -3.50. The molecule has 1 aromatic carbocycles. The van der Waals surface area contributed by atoms with Gasteiger partial charge in [-0.1, -0.05) is 6.92 Å². The molecule has 0 saturated carbocycles. The molecule has 1 saturated heterocycles. The highest BCUT2D eigenvalue weighted by molar-refractivity contribution is 5.94. The van der Waals surface area contributed by atoms with Crippen molar-refractivity contribution in [2.24, 2.45) is 5.92 Å². The first-order valence-electron chi connectivity index (χ1n) is 9.30. The third kappa shape index (κ3) is 3.68. The zero-order valence-electron chi connectivity index (χ0n) is 15.8. The largest absolute Gasteiger partial charge is 0.477 e. The summed E-state index contributed by atoms with van der Waals surface area (Å²) in [6, 6.07) is 0. The molecular weight excluding hydrogens is 394 g/mol. The number of carboxylic acid groups (broad SMARTS) is 1. The Hall–Kier alpha value is -2.62. The summed E-state index contributed by atoms with van der Waals surface area (Å²) in [4.78, 5) is 25.0. The van der Waals surface area contributed by atoms with Gasteiger partial charge in [0.1, 0.15) is 17.9 Å². The second-order valence-electron chi connectivity index (χ2n) is 6.98. The van der Waals surface area contributed by atoms with Gasteiger partial charge in [0.15, 0.2) is 17.5 Å². The number of carbonyl (C=O) groups is 1. The first-order chi connectivity index (χ1) is 13.8. The van der Waals surface area contributed by atoms with Crippen LogP contribution in [-0.4, -0.2) is 48.5 Å². The number of carboxylic acids is 1. The summed E-state index contributed by atoms with van der Waals surface area (Å²) < 4.78 is 58.8. The first kappa shape index (κ1) is 21.1. The second-order valence-corrected chi connectivity index (χ2v) is 6.98. The summed E-state index contributed by atoms with van der Waals surface area (Å²) >= 11 is 0. The number of pyridine rings is 1. The van der Waals surface area contributed by atoms with Crippen LogP contribution >= 0.6 is 0 Å². The number of anilines is 1. The number of alkyl halides is 1. The van der Waals surface area contributed by atoms with Crippen LogP contribution in [0.3, 0.4) is 0 Å². The van der Waals surface area contributed by atoms with Crippen molar-refractivity contribution in [1.29, 1.82) is 0 Å². The SMILES string of the molecule is CCNCC1CCN(c2c(F)c(F)c3c(=O)c(C(=O)O)cn(CCF)c3c2F)C1. The molecule has 158 valence electrons. The van der Waals surface area contributed by atoms with E-state index in [2.05, 4.69) is 5.32 Å². The van der Waals surface area contributed by atoms with Gasteiger partial charge in [0.05, 0.1) is 17.4 Å². The van der Waals surface area contributed by atoms with E-state index in [-0.39, 0.29) is 19.0 Å². The van der Waals surface area contributed by atoms with Gasteiger partial charge in [-0.3, -0.25) is 4.79 Å². The Kier molecular flexibility index (Phi) is 6.11. The van der Waals surface area contributed by atoms with Crippen LogP contribution in [0.5, 0.6) is 0 Å². The summed E-state index contributed by atoms with van der Waals surface area (Å²) in [5, 5.41) is 11.3. The molecule has 1 atom stereocenters. The van der Waals surface area contributed by atoms with E-state index in [0.29, 0.717) is 13.0 Å². The van der Waals surface area contributed by atoms with Crippen molar-refractivity contribution in [3.8, 4) is 0 Å². The molecule has 1 unspecified atom stereocenters. The highest BCUT2D eigenvalue weighted by atomic mass is 19.2. The lowest BCUT2D eigenvalue weighted by Gasteiger charge is -2.23. The van der Waals surface area contributed by atoms with E-state index in [1.165, 1.54) is 4.90 Å². The molecule has 1 aromatic heterocycles. The van der Waals surface area contributed by atoms with Gasteiger partial charge in [-0.05, 0) is 25.4 Å². The molecule has 10 heteroatoms. The van der Waals surface area contributed by atoms with Crippen LogP contribution in [0.15, 0.2) is 11.0 Å². The van der Waals surface area contributed by atoms with Crippen LogP contribution in [0, 0.1) is 23.4 Å². The van der Waals surface area contributed by atoms with Gasteiger partial charge in [0.25, 0.3) is 0 Å². The number of fused-ring (bicyclic) bond motifs is 1. The maximum absolute atomic E-state index is 15.3. The Bertz CT molecular complexity index is 1010. The van der Waals surface area contributed by atoms with Crippen LogP contribution in [0.2, 0.25) is 0 Å². The van der Waals surface area contributed by atoms with Crippen molar-refractivity contribution in [3.63, 3.8) is 0 Å². The molecule has 1 aliphatic rings. The molecule has 6 nitrogen and oxygen atoms in total. The maximum Gasteiger partial charge on any atom is 0.341 e. The third-order valence-electron chi connectivity index (χ3n) is 5.16. The summed E-state index contributed by atoms with van der Waals surface area (Å²) in [7, 11) is 0. The van der Waals surface area contributed by atoms with Gasteiger partial charge in [0, 0.05) is 19.3 Å². The Morgan fingerprint density at radius 3 is 2.62 bits per heavy atom. The van der Waals surface area contributed by atoms with E-state index in [4.69, 9.17) is 5.11 Å². The van der Waals surface area contributed by atoms with Crippen molar-refractivity contribution < 1.29 is 27.5 Å². The normalized spacial score (nSPS) is 16.7. The molecule has 3 rings (SSSR count). The minimum atomic E-state index is -1.69. The Morgan fingerprint density at radius 2 is 2.00 bits per heavy atom. The molecule has 0 spiro atoms. The van der Waals surface area contributed by atoms with Gasteiger partial charge in [-0.2, -0.15) is 0 Å². The number of aryl methyl sites for hydroxylation is 1. The lowest BCUT2D eigenvalue weighted by molar-refractivity contribution is 0.0694. The molecule has 1 fully saturated rings. The second kappa shape index (κ2) is 8.40. The van der Waals surface area contributed by atoms with Gasteiger partial charge in [-0.15, -0.1) is 0 Å². The van der Waals surface area contributed by atoms with Crippen molar-refractivity contribution in [2.45, 2.75) is 19.9 Å². The number of nitrogens with one attached hydrogen (secondary N) is 1. The number of nitrogens with zero attached hydrogens (tertiary/aromatic N) is 2. The molecule has 1 aliphatic heterocycles. The van der Waals surface area contributed by atoms with E-state index in [1.54, 1.807) is 0 Å². The standard InChI is InChI=1S/C19H21F4N3O3/c1-2-24-7-10-3-5-25(8-10)17-14(22)13(21)12-16(15(17)23)26(6-4-20)9-11(18(12)27)19(28)29/h9-10,24H,2-8H2,1H3,(H,28,29). The lowest BCUT2D eigenvalue weighted by atomic mass is 10.1. The van der Waals surface area contributed by atoms with Crippen LogP contribution in [0.1, 0.15) is 23.7 Å². The summed E-state index contributed by atoms with van der Waals surface area (Å²) in [6.07, 6.45) is 1.40. The molecular formula is C19H21F4N3O3. The average Bonchev–Trinajstić information content (AvgIpc) is 3.14. The molecule has 0 aliphatic carbocycles. The van der Waals surface area contributed by atoms with Gasteiger partial charge >= 0.3 is 5.97 Å². The molecule has 0 amide bonds. The van der Waals surface area contributed by atoms with Crippen molar-refractivity contribution in [3.05, 3.63) is 39.4 Å². The number of hydrogen-bond donors (Lipinski definition) is 2. The smallest absolute Gasteiger partial charge is 0.341 e. The molecule has 2 aromatic rings. The van der Waals surface area contributed by atoms with E-state index < -0.39 is 64.2 Å². The van der Waals surface area contributed by atoms with Gasteiger partial charge in [0.2, 0.25) is 5.43 Å². The number of hydrogen-bond acceptors (Lipinski definition) is 4. The van der Waals surface area contributed by atoms with E-state index in [1.807, 2.05) is 6.92 Å². The number of aromatic carboxylic acids is 1. The molecule has 0 radical (unpaired) electrons. The van der Waals surface area contributed by atoms with Crippen LogP contribution in [-0.2, 0) is 6.54 Å². The Morgan fingerprint density at radius 1 is 1.28 bits per heavy atom. The van der Waals surface area contributed by atoms with Crippen molar-refractivity contribution >= 4 is 22.6 Å². The fraction of sp³-hybridized carbons (Fsp3) is 0.474. The molecule has 0 bridgehead atoms. The summed E-state index contributed by atoms with van der Waals surface area (Å²) in [6.45, 7) is 2.36. The third-order valence-corrected chi connectivity index (χ3v) is 5.16. The Balaban J connectivity index is 2.22. The maximum atomic E-state index is 15.3. The summed E-state index contributed by atoms with van der Waals surface area (Å²) in [5.74, 6) is -5.97. The van der Waals surface area contributed by atoms with Crippen LogP contribution < -0.4 is 15.6 Å². The minimum Gasteiger partial charge on any atom is -0.477 e. The average molecular weight is 415 g/mol. The number of benzene rings is 1. The number of rotatable bonds is 7. The molecule has 2 N–H and O–H groups in total. The van der Waals surface area contributed by atoms with E-state index in [0.717, 1.165) is 17.3 Å². The van der Waals surface area contributed by atoms with E-state index >= 15 is 4.39 Å². The zero-order chi connectivity index (χ0) is 21.3. The first-order valence-corrected chi connectivity index (χ1v) is 9.30. The monoisotopic (exact) mass is 415 g/mol. The van der Waals surface area contributed by atoms with Crippen molar-refractivity contribution in [1.82, 2.24) is 9.88 Å². The number of halogens is 4. The lowest BCUT2D eigenvalue weighted by Crippen LogP contribution is -2.28. The highest BCUT2D eigenvalue weighted by Gasteiger charge is 2.32. The fourth-order valence-corrected chi connectivity index (χ4v) is 3.77. The molecule has 29 heavy (non-hydrogen) atoms. The highest BCUT2D eigenvalue weighted by Crippen LogP contribution is 2.35. The molecule has 2 heterocycles. The van der Waals surface area contributed by atoms with Gasteiger partial charge in [-0.25, -0.2) is 22.4 Å². The zero-order valence-corrected chi connectivity index (χ0v) is 15.8. The van der Waals surface area contributed by atoms with E-state index in [9.17, 15) is 22.8 Å². The van der Waals surface area contributed by atoms with Gasteiger partial charge < -0.3 is 19.9 Å². The predicted octanol–water partition coefficient (Wildman–Crippen LogP) is 2.52. The fourth-order valence-electron chi connectivity index (χ4n) is 3.77. The minimum absolute atomic E-state index is 0.106.